The van der Waals surface area contributed by atoms with Crippen LogP contribution in [0.2, 0.25) is 0 Å². The summed E-state index contributed by atoms with van der Waals surface area (Å²) < 4.78 is 0. The fourth-order valence-electron chi connectivity index (χ4n) is 2.82. The van der Waals surface area contributed by atoms with Crippen LogP contribution in [-0.4, -0.2) is 48.5 Å². The smallest absolute Gasteiger partial charge is 0.227 e. The zero-order valence-electron chi connectivity index (χ0n) is 13.0. The maximum atomic E-state index is 12.5. The normalized spacial score (nSPS) is 17.1. The maximum absolute atomic E-state index is 12.5. The molecule has 5 nitrogen and oxygen atoms in total. The van der Waals surface area contributed by atoms with E-state index < -0.39 is 0 Å². The number of nitrogens with zero attached hydrogens (tertiary/aromatic N) is 3. The average Bonchev–Trinajstić information content (AvgIpc) is 2.53. The van der Waals surface area contributed by atoms with E-state index in [2.05, 4.69) is 23.7 Å². The van der Waals surface area contributed by atoms with Crippen molar-refractivity contribution >= 4 is 11.7 Å². The van der Waals surface area contributed by atoms with Crippen LogP contribution in [0.25, 0.3) is 0 Å². The molecule has 1 unspecified atom stereocenters. The van der Waals surface area contributed by atoms with Crippen molar-refractivity contribution in [3.63, 3.8) is 0 Å². The number of pyridine rings is 1. The molecule has 0 aromatic carbocycles. The second kappa shape index (κ2) is 7.41. The molecular formula is C16H26N4O. The van der Waals surface area contributed by atoms with Crippen molar-refractivity contribution in [3.8, 4) is 0 Å². The van der Waals surface area contributed by atoms with Gasteiger partial charge in [-0.1, -0.05) is 19.9 Å². The van der Waals surface area contributed by atoms with Gasteiger partial charge in [0.25, 0.3) is 0 Å². The lowest BCUT2D eigenvalue weighted by molar-refractivity contribution is -0.136. The van der Waals surface area contributed by atoms with Gasteiger partial charge in [-0.2, -0.15) is 0 Å². The number of hydrogen-bond donors (Lipinski definition) is 1. The third-order valence-corrected chi connectivity index (χ3v) is 3.95. The minimum absolute atomic E-state index is 0.0357. The molecule has 116 valence electrons. The number of aromatic nitrogens is 1. The summed E-state index contributed by atoms with van der Waals surface area (Å²) in [5.74, 6) is 1.66. The molecule has 1 aromatic rings. The SMILES string of the molecule is CC(C)CC(CN)C(=O)N1CCN(c2ccccn2)CC1. The van der Waals surface area contributed by atoms with Gasteiger partial charge in [0.1, 0.15) is 5.82 Å². The Hall–Kier alpha value is -1.62. The Bertz CT molecular complexity index is 441. The van der Waals surface area contributed by atoms with Crippen molar-refractivity contribution in [2.24, 2.45) is 17.6 Å². The monoisotopic (exact) mass is 290 g/mol. The predicted octanol–water partition coefficient (Wildman–Crippen LogP) is 1.35. The topological polar surface area (TPSA) is 62.5 Å². The summed E-state index contributed by atoms with van der Waals surface area (Å²) in [6, 6.07) is 5.92. The van der Waals surface area contributed by atoms with Gasteiger partial charge in [-0.25, -0.2) is 4.98 Å². The third-order valence-electron chi connectivity index (χ3n) is 3.95. The van der Waals surface area contributed by atoms with Crippen LogP contribution in [0.3, 0.4) is 0 Å². The summed E-state index contributed by atoms with van der Waals surface area (Å²) in [6.45, 7) is 7.89. The lowest BCUT2D eigenvalue weighted by Crippen LogP contribution is -2.51. The highest BCUT2D eigenvalue weighted by Gasteiger charge is 2.27. The van der Waals surface area contributed by atoms with Crippen molar-refractivity contribution in [2.45, 2.75) is 20.3 Å². The second-order valence-corrected chi connectivity index (χ2v) is 6.06. The Labute approximate surface area is 127 Å². The zero-order chi connectivity index (χ0) is 15.2. The molecule has 0 saturated carbocycles. The molecule has 1 aliphatic rings. The summed E-state index contributed by atoms with van der Waals surface area (Å²) in [5.41, 5.74) is 5.78. The van der Waals surface area contributed by atoms with Crippen molar-refractivity contribution in [1.29, 1.82) is 0 Å². The van der Waals surface area contributed by atoms with Crippen LogP contribution in [0.5, 0.6) is 0 Å². The highest BCUT2D eigenvalue weighted by molar-refractivity contribution is 5.79. The molecule has 1 saturated heterocycles. The fourth-order valence-corrected chi connectivity index (χ4v) is 2.82. The summed E-state index contributed by atoms with van der Waals surface area (Å²) in [6.07, 6.45) is 2.68. The zero-order valence-corrected chi connectivity index (χ0v) is 13.0. The first-order chi connectivity index (χ1) is 10.1. The van der Waals surface area contributed by atoms with Crippen LogP contribution < -0.4 is 10.6 Å². The molecule has 2 heterocycles. The molecule has 5 heteroatoms. The van der Waals surface area contributed by atoms with E-state index in [9.17, 15) is 4.79 Å². The summed E-state index contributed by atoms with van der Waals surface area (Å²) in [7, 11) is 0. The fraction of sp³-hybridized carbons (Fsp3) is 0.625. The van der Waals surface area contributed by atoms with E-state index in [4.69, 9.17) is 5.73 Å². The molecule has 0 spiro atoms. The maximum Gasteiger partial charge on any atom is 0.227 e. The Morgan fingerprint density at radius 1 is 1.29 bits per heavy atom. The quantitative estimate of drug-likeness (QED) is 0.889. The number of carbonyl (C=O) groups excluding carboxylic acids is 1. The second-order valence-electron chi connectivity index (χ2n) is 6.06. The van der Waals surface area contributed by atoms with Gasteiger partial charge in [0.2, 0.25) is 5.91 Å². The van der Waals surface area contributed by atoms with Crippen LogP contribution in [0.15, 0.2) is 24.4 Å². The number of hydrogen-bond acceptors (Lipinski definition) is 4. The molecule has 1 atom stereocenters. The van der Waals surface area contributed by atoms with E-state index in [0.29, 0.717) is 12.5 Å². The molecule has 1 fully saturated rings. The summed E-state index contributed by atoms with van der Waals surface area (Å²) in [4.78, 5) is 21.1. The summed E-state index contributed by atoms with van der Waals surface area (Å²) >= 11 is 0. The molecule has 2 rings (SSSR count). The van der Waals surface area contributed by atoms with E-state index >= 15 is 0 Å². The molecule has 0 bridgehead atoms. The van der Waals surface area contributed by atoms with Gasteiger partial charge in [0.15, 0.2) is 0 Å². The largest absolute Gasteiger partial charge is 0.353 e. The highest BCUT2D eigenvalue weighted by atomic mass is 16.2. The van der Waals surface area contributed by atoms with Crippen LogP contribution in [-0.2, 0) is 4.79 Å². The van der Waals surface area contributed by atoms with Crippen LogP contribution in [0.4, 0.5) is 5.82 Å². The molecular weight excluding hydrogens is 264 g/mol. The van der Waals surface area contributed by atoms with Crippen LogP contribution >= 0.6 is 0 Å². The highest BCUT2D eigenvalue weighted by Crippen LogP contribution is 2.17. The number of rotatable bonds is 5. The van der Waals surface area contributed by atoms with E-state index in [-0.39, 0.29) is 11.8 Å². The van der Waals surface area contributed by atoms with Crippen LogP contribution in [0.1, 0.15) is 20.3 Å². The number of amides is 1. The Morgan fingerprint density at radius 3 is 2.52 bits per heavy atom. The summed E-state index contributed by atoms with van der Waals surface area (Å²) in [5, 5.41) is 0. The van der Waals surface area contributed by atoms with Gasteiger partial charge in [0, 0.05) is 38.9 Å². The first-order valence-corrected chi connectivity index (χ1v) is 7.76. The first kappa shape index (κ1) is 15.8. The van der Waals surface area contributed by atoms with Gasteiger partial charge in [0.05, 0.1) is 5.92 Å². The van der Waals surface area contributed by atoms with Gasteiger partial charge in [-0.3, -0.25) is 4.79 Å². The lowest BCUT2D eigenvalue weighted by Gasteiger charge is -2.37. The lowest BCUT2D eigenvalue weighted by atomic mass is 9.95. The molecule has 1 amide bonds. The first-order valence-electron chi connectivity index (χ1n) is 7.76. The Balaban J connectivity index is 1.89. The van der Waals surface area contributed by atoms with Gasteiger partial charge >= 0.3 is 0 Å². The minimum atomic E-state index is -0.0357. The van der Waals surface area contributed by atoms with Crippen molar-refractivity contribution < 1.29 is 4.79 Å². The number of piperazine rings is 1. The number of carbonyl (C=O) groups is 1. The van der Waals surface area contributed by atoms with Crippen LogP contribution in [0, 0.1) is 11.8 Å². The van der Waals surface area contributed by atoms with Gasteiger partial charge < -0.3 is 15.5 Å². The Kier molecular flexibility index (Phi) is 5.56. The standard InChI is InChI=1S/C16H26N4O/c1-13(2)11-14(12-17)16(21)20-9-7-19(8-10-20)15-5-3-4-6-18-15/h3-6,13-14H,7-12,17H2,1-2H3. The van der Waals surface area contributed by atoms with E-state index in [1.165, 1.54) is 0 Å². The van der Waals surface area contributed by atoms with Crippen molar-refractivity contribution in [1.82, 2.24) is 9.88 Å². The molecule has 0 radical (unpaired) electrons. The van der Waals surface area contributed by atoms with Gasteiger partial charge in [-0.05, 0) is 24.5 Å². The van der Waals surface area contributed by atoms with E-state index in [1.807, 2.05) is 23.1 Å². The number of nitrogens with two attached hydrogens (primary N) is 1. The minimum Gasteiger partial charge on any atom is -0.353 e. The number of anilines is 1. The van der Waals surface area contributed by atoms with Crippen molar-refractivity contribution in [2.75, 3.05) is 37.6 Å². The van der Waals surface area contributed by atoms with Gasteiger partial charge in [-0.15, -0.1) is 0 Å². The molecule has 21 heavy (non-hydrogen) atoms. The van der Waals surface area contributed by atoms with E-state index in [0.717, 1.165) is 38.4 Å². The molecule has 0 aliphatic carbocycles. The van der Waals surface area contributed by atoms with Crippen molar-refractivity contribution in [3.05, 3.63) is 24.4 Å². The molecule has 1 aliphatic heterocycles. The Morgan fingerprint density at radius 2 is 2.00 bits per heavy atom. The third kappa shape index (κ3) is 4.17. The molecule has 2 N–H and O–H groups in total. The van der Waals surface area contributed by atoms with E-state index in [1.54, 1.807) is 6.20 Å². The predicted molar refractivity (Wildman–Crippen MR) is 85.0 cm³/mol. The average molecular weight is 290 g/mol. The molecule has 1 aromatic heterocycles.